The van der Waals surface area contributed by atoms with Gasteiger partial charge in [0, 0.05) is 18.6 Å². The van der Waals surface area contributed by atoms with Crippen LogP contribution in [0, 0.1) is 15.9 Å². The summed E-state index contributed by atoms with van der Waals surface area (Å²) >= 11 is 0. The molecule has 4 atom stereocenters. The first-order chi connectivity index (χ1) is 17.5. The highest BCUT2D eigenvalue weighted by Crippen LogP contribution is 2.56. The van der Waals surface area contributed by atoms with Gasteiger partial charge in [-0.2, -0.15) is 4.39 Å². The van der Waals surface area contributed by atoms with Crippen molar-refractivity contribution in [3.05, 3.63) is 67.2 Å². The van der Waals surface area contributed by atoms with Gasteiger partial charge in [-0.1, -0.05) is 0 Å². The minimum absolute atomic E-state index is 0.00999. The second-order valence-electron chi connectivity index (χ2n) is 8.18. The number of fused-ring (bicyclic) bond motifs is 1. The number of hydrogen-bond donors (Lipinski definition) is 0. The molecule has 2 aliphatic heterocycles. The zero-order valence-electron chi connectivity index (χ0n) is 19.4. The van der Waals surface area contributed by atoms with Gasteiger partial charge in [0.25, 0.3) is 11.2 Å². The number of nitro benzene ring substituents is 1. The molecule has 0 aliphatic carbocycles. The van der Waals surface area contributed by atoms with E-state index in [0.29, 0.717) is 10.8 Å². The number of non-ortho nitro benzene ring substituents is 1. The summed E-state index contributed by atoms with van der Waals surface area (Å²) in [6.45, 7) is 1.94. The molecule has 0 bridgehead atoms. The summed E-state index contributed by atoms with van der Waals surface area (Å²) in [5.41, 5.74) is -2.57. The van der Waals surface area contributed by atoms with E-state index in [-0.39, 0.29) is 24.5 Å². The van der Waals surface area contributed by atoms with Gasteiger partial charge in [0.1, 0.15) is 24.2 Å². The van der Waals surface area contributed by atoms with Gasteiger partial charge in [0.15, 0.2) is 6.73 Å². The van der Waals surface area contributed by atoms with E-state index in [1.165, 1.54) is 12.1 Å². The van der Waals surface area contributed by atoms with Crippen molar-refractivity contribution in [2.75, 3.05) is 6.61 Å². The van der Waals surface area contributed by atoms with E-state index in [9.17, 15) is 33.5 Å². The molecule has 2 saturated heterocycles. The van der Waals surface area contributed by atoms with Gasteiger partial charge in [0.05, 0.1) is 23.8 Å². The third-order valence-corrected chi connectivity index (χ3v) is 6.64. The number of ether oxygens (including phenoxy) is 3. The minimum atomic E-state index is -4.17. The number of carbonyl (C=O) groups excluding carboxylic acids is 1. The molecule has 3 heterocycles. The number of hydrogen-bond acceptors (Lipinski definition) is 12. The van der Waals surface area contributed by atoms with Crippen molar-refractivity contribution in [3.63, 3.8) is 0 Å². The topological polar surface area (TPSA) is 177 Å². The first-order valence-electron chi connectivity index (χ1n) is 10.8. The Labute approximate surface area is 207 Å². The molecule has 0 saturated carbocycles. The number of rotatable bonds is 7. The molecule has 37 heavy (non-hydrogen) atoms. The maximum atomic E-state index is 14.3. The van der Waals surface area contributed by atoms with Gasteiger partial charge in [-0.25, -0.2) is 18.7 Å². The van der Waals surface area contributed by atoms with Crippen LogP contribution in [0.3, 0.4) is 0 Å². The van der Waals surface area contributed by atoms with Crippen molar-refractivity contribution in [2.24, 2.45) is 0 Å². The van der Waals surface area contributed by atoms with E-state index in [0.717, 1.165) is 16.7 Å². The highest BCUT2D eigenvalue weighted by Gasteiger charge is 2.49. The Hall–Kier alpha value is -3.59. The van der Waals surface area contributed by atoms with Crippen LogP contribution in [-0.2, 0) is 34.6 Å². The number of halogens is 1. The number of aromatic nitrogens is 2. The van der Waals surface area contributed by atoms with Crippen LogP contribution in [0.15, 0.2) is 40.1 Å². The number of nitro groups is 1. The fourth-order valence-electron chi connectivity index (χ4n) is 3.55. The van der Waals surface area contributed by atoms with Crippen LogP contribution in [0.4, 0.5) is 14.9 Å². The molecule has 1 unspecified atom stereocenters. The Kier molecular flexibility index (Phi) is 7.45. The number of nitrogens with zero attached hydrogens (tertiary/aromatic N) is 3. The molecular weight excluding hydrogens is 524 g/mol. The summed E-state index contributed by atoms with van der Waals surface area (Å²) in [6.07, 6.45) is -4.02. The van der Waals surface area contributed by atoms with E-state index in [1.54, 1.807) is 13.8 Å². The van der Waals surface area contributed by atoms with Crippen LogP contribution >= 0.6 is 7.82 Å². The second-order valence-corrected chi connectivity index (χ2v) is 9.73. The maximum Gasteiger partial charge on any atom is 0.530 e. The summed E-state index contributed by atoms with van der Waals surface area (Å²) in [6, 6.07) is 4.72. The van der Waals surface area contributed by atoms with E-state index in [2.05, 4.69) is 0 Å². The molecule has 0 N–H and O–H groups in total. The van der Waals surface area contributed by atoms with Crippen molar-refractivity contribution in [3.8, 4) is 5.75 Å². The first-order valence-corrected chi connectivity index (χ1v) is 12.3. The minimum Gasteiger partial charge on any atom is -0.432 e. The summed E-state index contributed by atoms with van der Waals surface area (Å²) in [4.78, 5) is 46.8. The van der Waals surface area contributed by atoms with Crippen LogP contribution < -0.4 is 15.8 Å². The molecule has 1 aromatic carbocycles. The molecular formula is C20H21FN3O12P. The predicted molar refractivity (Wildman–Crippen MR) is 118 cm³/mol. The molecule has 17 heteroatoms. The average molecular weight is 545 g/mol. The van der Waals surface area contributed by atoms with E-state index in [1.807, 2.05) is 0 Å². The largest absolute Gasteiger partial charge is 0.530 e. The standard InChI is InChI=1S/C20H21FN3O12P/c1-11(2)33-20(27)31-10-23-18(25)14(21)8-22(19(23)26)17-7-15-16(34-17)9-32-37(30,36-15)35-13-5-3-12(4-6-13)24(28)29/h3-6,8,11,15-17H,7,9-10H2,1-2H3/t15-,16+,17+,37?/m0/s1. The number of benzene rings is 1. The Bertz CT molecular complexity index is 1360. The SMILES string of the molecule is CC(C)OC(=O)OCn1c(=O)c(F)cn([C@H]2C[C@@H]3OP(=O)(Oc4ccc([N+](=O)[O-])cc4)OC[C@H]3O2)c1=O. The van der Waals surface area contributed by atoms with Gasteiger partial charge in [0.2, 0.25) is 5.82 Å². The molecule has 0 amide bonds. The molecule has 0 spiro atoms. The molecule has 200 valence electrons. The van der Waals surface area contributed by atoms with Gasteiger partial charge >= 0.3 is 19.7 Å². The summed E-state index contributed by atoms with van der Waals surface area (Å²) in [5, 5.41) is 10.8. The van der Waals surface area contributed by atoms with Crippen molar-refractivity contribution in [1.82, 2.24) is 9.13 Å². The van der Waals surface area contributed by atoms with Crippen molar-refractivity contribution in [2.45, 2.75) is 51.5 Å². The van der Waals surface area contributed by atoms with E-state index in [4.69, 9.17) is 27.8 Å². The fourth-order valence-corrected chi connectivity index (χ4v) is 4.97. The van der Waals surface area contributed by atoms with Crippen LogP contribution in [0.5, 0.6) is 5.75 Å². The summed E-state index contributed by atoms with van der Waals surface area (Å²) in [7, 11) is -4.17. The molecule has 0 radical (unpaired) electrons. The molecule has 2 aliphatic rings. The molecule has 15 nitrogen and oxygen atoms in total. The Morgan fingerprint density at radius 2 is 1.97 bits per heavy atom. The Morgan fingerprint density at radius 3 is 2.62 bits per heavy atom. The van der Waals surface area contributed by atoms with Crippen molar-refractivity contribution >= 4 is 19.7 Å². The predicted octanol–water partition coefficient (Wildman–Crippen LogP) is 2.47. The Balaban J connectivity index is 1.47. The Morgan fingerprint density at radius 1 is 1.27 bits per heavy atom. The summed E-state index contributed by atoms with van der Waals surface area (Å²) in [5.74, 6) is -1.33. The number of phosphoric ester groups is 1. The third-order valence-electron chi connectivity index (χ3n) is 5.21. The van der Waals surface area contributed by atoms with Crippen LogP contribution in [0.2, 0.25) is 0 Å². The zero-order chi connectivity index (χ0) is 26.9. The molecule has 2 fully saturated rings. The fraction of sp³-hybridized carbons (Fsp3) is 0.450. The summed E-state index contributed by atoms with van der Waals surface area (Å²) < 4.78 is 59.5. The highest BCUT2D eigenvalue weighted by atomic mass is 31.2. The average Bonchev–Trinajstić information content (AvgIpc) is 3.23. The van der Waals surface area contributed by atoms with Crippen molar-refractivity contribution < 1.29 is 46.5 Å². The van der Waals surface area contributed by atoms with Gasteiger partial charge in [-0.3, -0.25) is 28.5 Å². The van der Waals surface area contributed by atoms with Gasteiger partial charge in [-0.15, -0.1) is 0 Å². The normalized spacial score (nSPS) is 24.9. The third kappa shape index (κ3) is 5.88. The monoisotopic (exact) mass is 545 g/mol. The molecule has 4 rings (SSSR count). The lowest BCUT2D eigenvalue weighted by Crippen LogP contribution is -2.43. The highest BCUT2D eigenvalue weighted by molar-refractivity contribution is 7.49. The van der Waals surface area contributed by atoms with Crippen LogP contribution in [-0.4, -0.2) is 45.1 Å². The lowest BCUT2D eigenvalue weighted by Gasteiger charge is -2.29. The van der Waals surface area contributed by atoms with E-state index >= 15 is 0 Å². The van der Waals surface area contributed by atoms with Crippen molar-refractivity contribution in [1.29, 1.82) is 0 Å². The van der Waals surface area contributed by atoms with E-state index < -0.39 is 67.2 Å². The number of carbonyl (C=O) groups is 1. The van der Waals surface area contributed by atoms with Gasteiger partial charge in [-0.05, 0) is 26.0 Å². The zero-order valence-corrected chi connectivity index (χ0v) is 20.3. The lowest BCUT2D eigenvalue weighted by atomic mass is 10.2. The first kappa shape index (κ1) is 26.5. The van der Waals surface area contributed by atoms with Crippen LogP contribution in [0.25, 0.3) is 0 Å². The second kappa shape index (κ2) is 10.4. The number of phosphoric acid groups is 1. The maximum absolute atomic E-state index is 14.3. The smallest absolute Gasteiger partial charge is 0.432 e. The van der Waals surface area contributed by atoms with Crippen LogP contribution in [0.1, 0.15) is 26.5 Å². The quantitative estimate of drug-likeness (QED) is 0.215. The van der Waals surface area contributed by atoms with Gasteiger partial charge < -0.3 is 18.7 Å². The molecule has 2 aromatic rings. The lowest BCUT2D eigenvalue weighted by molar-refractivity contribution is -0.384. The molecule has 1 aromatic heterocycles.